The minimum atomic E-state index is -0.810. The van der Waals surface area contributed by atoms with Gasteiger partial charge in [0.05, 0.1) is 0 Å². The van der Waals surface area contributed by atoms with Gasteiger partial charge in [-0.1, -0.05) is 24.3 Å². The fourth-order valence-electron chi connectivity index (χ4n) is 4.47. The first-order valence-corrected chi connectivity index (χ1v) is 13.3. The molecule has 208 valence electrons. The summed E-state index contributed by atoms with van der Waals surface area (Å²) in [5.41, 5.74) is 2.21. The molecule has 2 aliphatic rings. The number of ether oxygens (including phenoxy) is 1. The van der Waals surface area contributed by atoms with Crippen molar-refractivity contribution in [2.45, 2.75) is 46.1 Å². The Morgan fingerprint density at radius 1 is 0.789 bits per heavy atom. The van der Waals surface area contributed by atoms with Gasteiger partial charge in [0, 0.05) is 63.7 Å². The summed E-state index contributed by atoms with van der Waals surface area (Å²) in [7, 11) is 0. The number of carbonyl (C=O) groups excluding carboxylic acids is 1. The highest BCUT2D eigenvalue weighted by Crippen LogP contribution is 2.21. The van der Waals surface area contributed by atoms with E-state index in [-0.39, 0.29) is 11.9 Å². The van der Waals surface area contributed by atoms with Gasteiger partial charge in [0.2, 0.25) is 0 Å². The van der Waals surface area contributed by atoms with Crippen LogP contribution in [0.5, 0.6) is 0 Å². The number of rotatable bonds is 2. The number of hydrogen-bond donors (Lipinski definition) is 1. The number of aryl methyl sites for hydroxylation is 1. The predicted molar refractivity (Wildman–Crippen MR) is 149 cm³/mol. The zero-order chi connectivity index (χ0) is 27.7. The SMILES string of the molecule is Cc1ccc(N2CCCN(C(=O)OC(C)(C)C)CC2)cc1F.O=C(O)N1CCCN(c2ccccc2)CC1. The molecule has 0 spiro atoms. The van der Waals surface area contributed by atoms with Crippen molar-refractivity contribution in [2.75, 3.05) is 62.2 Å². The van der Waals surface area contributed by atoms with Crippen LogP contribution in [0, 0.1) is 12.7 Å². The Labute approximate surface area is 225 Å². The molecule has 2 fully saturated rings. The van der Waals surface area contributed by atoms with E-state index in [1.807, 2.05) is 45.0 Å². The van der Waals surface area contributed by atoms with Gasteiger partial charge in [0.1, 0.15) is 11.4 Å². The molecule has 2 aliphatic heterocycles. The fourth-order valence-corrected chi connectivity index (χ4v) is 4.47. The van der Waals surface area contributed by atoms with E-state index in [0.717, 1.165) is 38.2 Å². The van der Waals surface area contributed by atoms with E-state index in [9.17, 15) is 14.0 Å². The average Bonchev–Trinajstić information content (AvgIpc) is 3.27. The lowest BCUT2D eigenvalue weighted by atomic mass is 10.2. The summed E-state index contributed by atoms with van der Waals surface area (Å²) in [6.07, 6.45) is 0.648. The first kappa shape index (κ1) is 29.1. The molecule has 9 heteroatoms. The van der Waals surface area contributed by atoms with Crippen LogP contribution in [0.4, 0.5) is 25.4 Å². The number of halogens is 1. The molecule has 2 amide bonds. The summed E-state index contributed by atoms with van der Waals surface area (Å²) >= 11 is 0. The summed E-state index contributed by atoms with van der Waals surface area (Å²) < 4.78 is 19.1. The van der Waals surface area contributed by atoms with Gasteiger partial charge in [-0.05, 0) is 70.4 Å². The summed E-state index contributed by atoms with van der Waals surface area (Å²) in [5.74, 6) is -0.189. The van der Waals surface area contributed by atoms with Crippen molar-refractivity contribution in [1.29, 1.82) is 0 Å². The Morgan fingerprint density at radius 3 is 1.95 bits per heavy atom. The molecule has 0 aromatic heterocycles. The number of anilines is 2. The standard InChI is InChI=1S/C17H25FN2O2.C12H16N2O2/c1-13-6-7-14(12-15(13)18)19-8-5-9-20(11-10-19)16(21)22-17(2,3)4;15-12(16)14-8-4-7-13(9-10-14)11-5-2-1-3-6-11/h6-7,12H,5,8-11H2,1-4H3;1-3,5-6H,4,7-10H2,(H,15,16). The number of benzene rings is 2. The van der Waals surface area contributed by atoms with Crippen LogP contribution in [0.3, 0.4) is 0 Å². The van der Waals surface area contributed by atoms with Crippen LogP contribution in [0.25, 0.3) is 0 Å². The summed E-state index contributed by atoms with van der Waals surface area (Å²) in [4.78, 5) is 30.6. The first-order chi connectivity index (χ1) is 18.0. The highest BCUT2D eigenvalue weighted by molar-refractivity contribution is 5.68. The van der Waals surface area contributed by atoms with E-state index in [1.54, 1.807) is 24.0 Å². The second kappa shape index (κ2) is 13.3. The van der Waals surface area contributed by atoms with Gasteiger partial charge in [-0.3, -0.25) is 0 Å². The quantitative estimate of drug-likeness (QED) is 0.558. The van der Waals surface area contributed by atoms with Crippen molar-refractivity contribution in [3.05, 3.63) is 59.9 Å². The Hall–Kier alpha value is -3.49. The van der Waals surface area contributed by atoms with Crippen LogP contribution >= 0.6 is 0 Å². The number of carbonyl (C=O) groups is 2. The van der Waals surface area contributed by atoms with Crippen LogP contribution < -0.4 is 9.80 Å². The zero-order valence-corrected chi connectivity index (χ0v) is 23.0. The van der Waals surface area contributed by atoms with Crippen molar-refractivity contribution >= 4 is 23.6 Å². The first-order valence-electron chi connectivity index (χ1n) is 13.3. The molecule has 0 atom stereocenters. The molecule has 4 rings (SSSR count). The van der Waals surface area contributed by atoms with E-state index in [2.05, 4.69) is 21.9 Å². The van der Waals surface area contributed by atoms with Gasteiger partial charge >= 0.3 is 12.2 Å². The van der Waals surface area contributed by atoms with Crippen LogP contribution in [0.1, 0.15) is 39.2 Å². The maximum absolute atomic E-state index is 13.7. The smallest absolute Gasteiger partial charge is 0.410 e. The lowest BCUT2D eigenvalue weighted by Gasteiger charge is -2.27. The number of para-hydroxylation sites is 1. The number of hydrogen-bond acceptors (Lipinski definition) is 5. The molecule has 2 aromatic carbocycles. The van der Waals surface area contributed by atoms with Crippen LogP contribution in [0.15, 0.2) is 48.5 Å². The molecule has 0 saturated carbocycles. The summed E-state index contributed by atoms with van der Waals surface area (Å²) in [6, 6.07) is 15.4. The van der Waals surface area contributed by atoms with E-state index >= 15 is 0 Å². The third-order valence-electron chi connectivity index (χ3n) is 6.56. The van der Waals surface area contributed by atoms with Crippen molar-refractivity contribution in [3.63, 3.8) is 0 Å². The van der Waals surface area contributed by atoms with Gasteiger partial charge in [-0.2, -0.15) is 0 Å². The van der Waals surface area contributed by atoms with Crippen LogP contribution in [-0.4, -0.2) is 85.1 Å². The minimum absolute atomic E-state index is 0.189. The van der Waals surface area contributed by atoms with Crippen molar-refractivity contribution in [1.82, 2.24) is 9.80 Å². The number of carboxylic acid groups (broad SMARTS) is 1. The average molecular weight is 529 g/mol. The van der Waals surface area contributed by atoms with Crippen molar-refractivity contribution < 1.29 is 23.8 Å². The van der Waals surface area contributed by atoms with E-state index in [4.69, 9.17) is 9.84 Å². The molecule has 0 radical (unpaired) electrons. The number of nitrogens with zero attached hydrogens (tertiary/aromatic N) is 4. The molecule has 8 nitrogen and oxygen atoms in total. The maximum Gasteiger partial charge on any atom is 0.410 e. The van der Waals surface area contributed by atoms with Crippen molar-refractivity contribution in [2.24, 2.45) is 0 Å². The molecular weight excluding hydrogens is 487 g/mol. The molecular formula is C29H41FN4O4. The molecule has 0 bridgehead atoms. The Balaban J connectivity index is 0.000000221. The van der Waals surface area contributed by atoms with Crippen LogP contribution in [0.2, 0.25) is 0 Å². The second-order valence-electron chi connectivity index (χ2n) is 10.7. The van der Waals surface area contributed by atoms with Crippen molar-refractivity contribution in [3.8, 4) is 0 Å². The minimum Gasteiger partial charge on any atom is -0.465 e. The molecule has 38 heavy (non-hydrogen) atoms. The summed E-state index contributed by atoms with van der Waals surface area (Å²) in [6.45, 7) is 13.0. The maximum atomic E-state index is 13.7. The third kappa shape index (κ3) is 8.82. The summed E-state index contributed by atoms with van der Waals surface area (Å²) in [5, 5.41) is 8.93. The third-order valence-corrected chi connectivity index (χ3v) is 6.56. The van der Waals surface area contributed by atoms with E-state index < -0.39 is 11.7 Å². The van der Waals surface area contributed by atoms with E-state index in [1.165, 1.54) is 10.6 Å². The molecule has 2 aromatic rings. The van der Waals surface area contributed by atoms with Gasteiger partial charge in [0.15, 0.2) is 0 Å². The van der Waals surface area contributed by atoms with Gasteiger partial charge in [-0.15, -0.1) is 0 Å². The molecule has 0 unspecified atom stereocenters. The molecule has 1 N–H and O–H groups in total. The van der Waals surface area contributed by atoms with Gasteiger partial charge < -0.3 is 29.4 Å². The Morgan fingerprint density at radius 2 is 1.37 bits per heavy atom. The fraction of sp³-hybridized carbons (Fsp3) is 0.517. The highest BCUT2D eigenvalue weighted by Gasteiger charge is 2.24. The molecule has 0 aliphatic carbocycles. The lowest BCUT2D eigenvalue weighted by Crippen LogP contribution is -2.39. The topological polar surface area (TPSA) is 76.6 Å². The largest absolute Gasteiger partial charge is 0.465 e. The predicted octanol–water partition coefficient (Wildman–Crippen LogP) is 5.46. The monoisotopic (exact) mass is 528 g/mol. The zero-order valence-electron chi connectivity index (χ0n) is 23.0. The Bertz CT molecular complexity index is 1060. The Kier molecular flexibility index (Phi) is 10.2. The number of amides is 2. The van der Waals surface area contributed by atoms with E-state index in [0.29, 0.717) is 38.3 Å². The van der Waals surface area contributed by atoms with Gasteiger partial charge in [0.25, 0.3) is 0 Å². The van der Waals surface area contributed by atoms with Gasteiger partial charge in [-0.25, -0.2) is 14.0 Å². The molecule has 2 heterocycles. The normalized spacial score (nSPS) is 16.7. The lowest BCUT2D eigenvalue weighted by molar-refractivity contribution is 0.0263. The highest BCUT2D eigenvalue weighted by atomic mass is 19.1. The molecule has 2 saturated heterocycles. The van der Waals surface area contributed by atoms with Crippen LogP contribution in [-0.2, 0) is 4.74 Å². The second-order valence-corrected chi connectivity index (χ2v) is 10.7.